The quantitative estimate of drug-likeness (QED) is 0.404. The summed E-state index contributed by atoms with van der Waals surface area (Å²) in [6.45, 7) is 7.08. The third-order valence-electron chi connectivity index (χ3n) is 3.74. The van der Waals surface area contributed by atoms with Crippen LogP contribution < -0.4 is 5.32 Å². The number of rotatable bonds is 7. The van der Waals surface area contributed by atoms with E-state index in [0.29, 0.717) is 32.9 Å². The van der Waals surface area contributed by atoms with E-state index in [4.69, 9.17) is 9.47 Å². The molecule has 8 heteroatoms. The highest BCUT2D eigenvalue weighted by Gasteiger charge is 2.40. The van der Waals surface area contributed by atoms with Crippen molar-refractivity contribution in [2.24, 2.45) is 4.99 Å². The van der Waals surface area contributed by atoms with E-state index in [1.807, 2.05) is 4.90 Å². The van der Waals surface area contributed by atoms with E-state index in [9.17, 15) is 8.42 Å². The molecule has 7 nitrogen and oxygen atoms in total. The lowest BCUT2D eigenvalue weighted by Gasteiger charge is -2.39. The van der Waals surface area contributed by atoms with Crippen LogP contribution >= 0.6 is 0 Å². The lowest BCUT2D eigenvalue weighted by atomic mass is 10.2. The molecule has 1 heterocycles. The lowest BCUT2D eigenvalue weighted by molar-refractivity contribution is 0.0698. The predicted molar refractivity (Wildman–Crippen MR) is 88.1 cm³/mol. The van der Waals surface area contributed by atoms with Crippen LogP contribution in [0.15, 0.2) is 4.99 Å². The molecular formula is C14H29N3O4S. The Bertz CT molecular complexity index is 463. The average Bonchev–Trinajstić information content (AvgIpc) is 2.45. The Kier molecular flexibility index (Phi) is 7.58. The van der Waals surface area contributed by atoms with E-state index < -0.39 is 14.6 Å². The molecule has 0 saturated carbocycles. The first-order valence-electron chi connectivity index (χ1n) is 7.58. The van der Waals surface area contributed by atoms with Gasteiger partial charge in [0.05, 0.1) is 23.7 Å². The van der Waals surface area contributed by atoms with Gasteiger partial charge in [-0.1, -0.05) is 0 Å². The number of aliphatic imine (C=N–C) groups is 1. The molecule has 1 N–H and O–H groups in total. The van der Waals surface area contributed by atoms with Gasteiger partial charge >= 0.3 is 0 Å². The Hall–Kier alpha value is -0.860. The summed E-state index contributed by atoms with van der Waals surface area (Å²) in [5, 5.41) is 3.27. The minimum Gasteiger partial charge on any atom is -0.382 e. The third kappa shape index (κ3) is 5.40. The van der Waals surface area contributed by atoms with Gasteiger partial charge in [0.25, 0.3) is 0 Å². The van der Waals surface area contributed by atoms with Crippen molar-refractivity contribution in [1.82, 2.24) is 10.2 Å². The van der Waals surface area contributed by atoms with Crippen LogP contribution in [0.1, 0.15) is 20.3 Å². The van der Waals surface area contributed by atoms with Gasteiger partial charge in [-0.05, 0) is 20.3 Å². The van der Waals surface area contributed by atoms with Crippen molar-refractivity contribution in [2.45, 2.75) is 25.0 Å². The molecule has 1 aliphatic rings. The van der Waals surface area contributed by atoms with Gasteiger partial charge in [0.1, 0.15) is 0 Å². The van der Waals surface area contributed by atoms with E-state index in [0.717, 1.165) is 18.9 Å². The van der Waals surface area contributed by atoms with Crippen molar-refractivity contribution < 1.29 is 17.9 Å². The maximum Gasteiger partial charge on any atom is 0.193 e. The fourth-order valence-electron chi connectivity index (χ4n) is 2.28. The van der Waals surface area contributed by atoms with Crippen molar-refractivity contribution in [3.8, 4) is 0 Å². The summed E-state index contributed by atoms with van der Waals surface area (Å²) < 4.78 is 33.6. The number of sulfone groups is 1. The highest BCUT2D eigenvalue weighted by Crippen LogP contribution is 2.23. The molecule has 0 radical (unpaired) electrons. The predicted octanol–water partition coefficient (Wildman–Crippen LogP) is 0.124. The Morgan fingerprint density at radius 2 is 2.05 bits per heavy atom. The van der Waals surface area contributed by atoms with E-state index in [1.54, 1.807) is 28.0 Å². The first-order valence-corrected chi connectivity index (χ1v) is 9.24. The van der Waals surface area contributed by atoms with Gasteiger partial charge in [-0.25, -0.2) is 8.42 Å². The lowest BCUT2D eigenvalue weighted by Crippen LogP contribution is -2.57. The van der Waals surface area contributed by atoms with Crippen LogP contribution in [0.25, 0.3) is 0 Å². The number of ether oxygens (including phenoxy) is 2. The summed E-state index contributed by atoms with van der Waals surface area (Å²) in [4.78, 5) is 6.25. The number of nitrogens with one attached hydrogen (secondary N) is 1. The minimum absolute atomic E-state index is 0.167. The van der Waals surface area contributed by atoms with Crippen molar-refractivity contribution in [2.75, 3.05) is 59.4 Å². The fourth-order valence-corrected chi connectivity index (χ4v) is 3.64. The molecule has 0 spiro atoms. The van der Waals surface area contributed by atoms with Crippen molar-refractivity contribution in [3.05, 3.63) is 0 Å². The molecule has 0 aromatic rings. The summed E-state index contributed by atoms with van der Waals surface area (Å²) in [7, 11) is 0.334. The van der Waals surface area contributed by atoms with Gasteiger partial charge < -0.3 is 19.7 Å². The zero-order chi connectivity index (χ0) is 16.6. The van der Waals surface area contributed by atoms with Crippen molar-refractivity contribution >= 4 is 15.8 Å². The molecule has 1 rings (SSSR count). The maximum absolute atomic E-state index is 12.0. The normalized spacial score (nSPS) is 20.9. The first kappa shape index (κ1) is 19.2. The summed E-state index contributed by atoms with van der Waals surface area (Å²) >= 11 is 0. The molecule has 0 atom stereocenters. The second-order valence-electron chi connectivity index (χ2n) is 5.93. The van der Waals surface area contributed by atoms with Gasteiger partial charge in [0.2, 0.25) is 0 Å². The van der Waals surface area contributed by atoms with E-state index >= 15 is 0 Å². The molecule has 22 heavy (non-hydrogen) atoms. The monoisotopic (exact) mass is 335 g/mol. The van der Waals surface area contributed by atoms with Crippen molar-refractivity contribution in [1.29, 1.82) is 0 Å². The van der Waals surface area contributed by atoms with Crippen LogP contribution in [0, 0.1) is 0 Å². The largest absolute Gasteiger partial charge is 0.382 e. The summed E-state index contributed by atoms with van der Waals surface area (Å²) in [6.07, 6.45) is 0.859. The van der Waals surface area contributed by atoms with Crippen LogP contribution in [0.2, 0.25) is 0 Å². The molecule has 0 aromatic carbocycles. The smallest absolute Gasteiger partial charge is 0.193 e. The topological polar surface area (TPSA) is 80.2 Å². The zero-order valence-electron chi connectivity index (χ0n) is 14.1. The highest BCUT2D eigenvalue weighted by molar-refractivity contribution is 7.92. The molecule has 0 bridgehead atoms. The molecule has 0 unspecified atom stereocenters. The highest BCUT2D eigenvalue weighted by atomic mass is 32.2. The van der Waals surface area contributed by atoms with Gasteiger partial charge in [0.15, 0.2) is 15.8 Å². The van der Waals surface area contributed by atoms with E-state index in [1.165, 1.54) is 0 Å². The second kappa shape index (κ2) is 8.69. The van der Waals surface area contributed by atoms with Gasteiger partial charge in [-0.2, -0.15) is 0 Å². The number of guanidine groups is 1. The fraction of sp³-hybridized carbons (Fsp3) is 0.929. The van der Waals surface area contributed by atoms with Crippen LogP contribution in [0.5, 0.6) is 0 Å². The molecule has 130 valence electrons. The van der Waals surface area contributed by atoms with Crippen LogP contribution in [-0.4, -0.2) is 83.4 Å². The summed E-state index contributed by atoms with van der Waals surface area (Å²) in [5.74, 6) is 0.917. The Labute approximate surface area is 134 Å². The minimum atomic E-state index is -3.03. The summed E-state index contributed by atoms with van der Waals surface area (Å²) in [5.41, 5.74) is 0. The van der Waals surface area contributed by atoms with E-state index in [2.05, 4.69) is 10.3 Å². The van der Waals surface area contributed by atoms with Crippen LogP contribution in [0.3, 0.4) is 0 Å². The Balaban J connectivity index is 2.37. The average molecular weight is 335 g/mol. The second-order valence-corrected chi connectivity index (χ2v) is 8.68. The Morgan fingerprint density at radius 1 is 1.32 bits per heavy atom. The SMILES string of the molecule is CN=C(NCCCOCCOC)N1CCS(=O)(=O)C(C)(C)C1. The molecule has 1 aliphatic heterocycles. The molecule has 1 saturated heterocycles. The summed E-state index contributed by atoms with van der Waals surface area (Å²) in [6, 6.07) is 0. The van der Waals surface area contributed by atoms with Gasteiger partial charge in [-0.3, -0.25) is 4.99 Å². The molecule has 1 fully saturated rings. The molecular weight excluding hydrogens is 306 g/mol. The number of methoxy groups -OCH3 is 1. The van der Waals surface area contributed by atoms with Crippen LogP contribution in [0.4, 0.5) is 0 Å². The van der Waals surface area contributed by atoms with Crippen molar-refractivity contribution in [3.63, 3.8) is 0 Å². The number of nitrogens with zero attached hydrogens (tertiary/aromatic N) is 2. The number of hydrogen-bond acceptors (Lipinski definition) is 5. The molecule has 0 aromatic heterocycles. The third-order valence-corrected chi connectivity index (χ3v) is 6.27. The maximum atomic E-state index is 12.0. The zero-order valence-corrected chi connectivity index (χ0v) is 14.9. The molecule has 0 aliphatic carbocycles. The van der Waals surface area contributed by atoms with Gasteiger partial charge in [0, 0.05) is 40.4 Å². The number of hydrogen-bond donors (Lipinski definition) is 1. The van der Waals surface area contributed by atoms with Gasteiger partial charge in [-0.15, -0.1) is 0 Å². The standard InChI is InChI=1S/C14H29N3O4S/c1-14(2)12-17(7-11-22(14,18)19)13(15-3)16-6-5-8-21-10-9-20-4/h5-12H2,1-4H3,(H,15,16). The Morgan fingerprint density at radius 3 is 2.64 bits per heavy atom. The van der Waals surface area contributed by atoms with E-state index in [-0.39, 0.29) is 5.75 Å². The van der Waals surface area contributed by atoms with Crippen LogP contribution in [-0.2, 0) is 19.3 Å². The first-order chi connectivity index (χ1) is 10.3. The molecule has 0 amide bonds.